The fourth-order valence-corrected chi connectivity index (χ4v) is 3.04. The molecule has 0 spiro atoms. The molecule has 128 valence electrons. The van der Waals surface area contributed by atoms with E-state index in [1.807, 2.05) is 28.6 Å². The van der Waals surface area contributed by atoms with Gasteiger partial charge < -0.3 is 4.90 Å². The van der Waals surface area contributed by atoms with Crippen LogP contribution in [0.1, 0.15) is 17.7 Å². The van der Waals surface area contributed by atoms with Gasteiger partial charge in [-0.05, 0) is 30.7 Å². The van der Waals surface area contributed by atoms with Gasteiger partial charge in [0.2, 0.25) is 5.91 Å². The number of nitrogens with zero attached hydrogens (tertiary/aromatic N) is 4. The summed E-state index contributed by atoms with van der Waals surface area (Å²) in [5.74, 6) is -0.0227. The molecule has 0 unspecified atom stereocenters. The summed E-state index contributed by atoms with van der Waals surface area (Å²) in [6.07, 6.45) is 2.23. The van der Waals surface area contributed by atoms with Crippen molar-refractivity contribution in [1.29, 1.82) is 0 Å². The second-order valence-corrected chi connectivity index (χ2v) is 6.23. The van der Waals surface area contributed by atoms with Crippen LogP contribution < -0.4 is 0 Å². The lowest BCUT2D eigenvalue weighted by Gasteiger charge is -2.34. The third-order valence-electron chi connectivity index (χ3n) is 4.49. The lowest BCUT2D eigenvalue weighted by Crippen LogP contribution is -2.48. The molecule has 1 aliphatic heterocycles. The Kier molecular flexibility index (Phi) is 5.25. The number of carbonyl (C=O) groups is 1. The molecule has 0 saturated carbocycles. The molecule has 6 heteroatoms. The Balaban J connectivity index is 1.44. The number of benzene rings is 1. The molecule has 3 rings (SSSR count). The minimum atomic E-state index is -0.199. The minimum absolute atomic E-state index is 0.176. The lowest BCUT2D eigenvalue weighted by atomic mass is 10.2. The van der Waals surface area contributed by atoms with Crippen molar-refractivity contribution >= 4 is 5.91 Å². The standard InChI is InChI=1S/C18H23FN4O/c1-15-5-7-20-23(15)8-6-18(24)22-11-9-21(10-12-22)14-16-3-2-4-17(19)13-16/h2-5,7,13H,6,8-12,14H2,1H3. The third kappa shape index (κ3) is 4.20. The van der Waals surface area contributed by atoms with E-state index in [4.69, 9.17) is 0 Å². The topological polar surface area (TPSA) is 41.4 Å². The Morgan fingerprint density at radius 3 is 2.67 bits per heavy atom. The molecule has 0 N–H and O–H groups in total. The zero-order valence-electron chi connectivity index (χ0n) is 14.0. The normalized spacial score (nSPS) is 15.7. The van der Waals surface area contributed by atoms with E-state index in [1.54, 1.807) is 18.3 Å². The molecule has 5 nitrogen and oxygen atoms in total. The van der Waals surface area contributed by atoms with Crippen LogP contribution in [0.2, 0.25) is 0 Å². The van der Waals surface area contributed by atoms with E-state index in [2.05, 4.69) is 10.00 Å². The van der Waals surface area contributed by atoms with Gasteiger partial charge in [-0.2, -0.15) is 5.10 Å². The van der Waals surface area contributed by atoms with Gasteiger partial charge in [0.25, 0.3) is 0 Å². The van der Waals surface area contributed by atoms with Crippen molar-refractivity contribution in [2.75, 3.05) is 26.2 Å². The number of carbonyl (C=O) groups excluding carboxylic acids is 1. The van der Waals surface area contributed by atoms with Gasteiger partial charge in [0.1, 0.15) is 5.82 Å². The Morgan fingerprint density at radius 2 is 2.00 bits per heavy atom. The highest BCUT2D eigenvalue weighted by molar-refractivity contribution is 5.76. The average Bonchev–Trinajstić information content (AvgIpc) is 2.98. The second kappa shape index (κ2) is 7.57. The summed E-state index contributed by atoms with van der Waals surface area (Å²) in [4.78, 5) is 16.5. The quantitative estimate of drug-likeness (QED) is 0.843. The largest absolute Gasteiger partial charge is 0.340 e. The summed E-state index contributed by atoms with van der Waals surface area (Å²) in [7, 11) is 0. The zero-order valence-corrected chi connectivity index (χ0v) is 14.0. The molecular weight excluding hydrogens is 307 g/mol. The van der Waals surface area contributed by atoms with Gasteiger partial charge in [-0.25, -0.2) is 4.39 Å². The van der Waals surface area contributed by atoms with Crippen molar-refractivity contribution < 1.29 is 9.18 Å². The highest BCUT2D eigenvalue weighted by atomic mass is 19.1. The molecule has 2 aromatic rings. The first-order chi connectivity index (χ1) is 11.6. The SMILES string of the molecule is Cc1ccnn1CCC(=O)N1CCN(Cc2cccc(F)c2)CC1. The maximum Gasteiger partial charge on any atom is 0.224 e. The fourth-order valence-electron chi connectivity index (χ4n) is 3.04. The van der Waals surface area contributed by atoms with E-state index in [0.29, 0.717) is 13.0 Å². The van der Waals surface area contributed by atoms with E-state index in [-0.39, 0.29) is 11.7 Å². The van der Waals surface area contributed by atoms with Crippen LogP contribution in [0.25, 0.3) is 0 Å². The first-order valence-electron chi connectivity index (χ1n) is 8.35. The van der Waals surface area contributed by atoms with Crippen molar-refractivity contribution in [3.63, 3.8) is 0 Å². The predicted octanol–water partition coefficient (Wildman–Crippen LogP) is 2.07. The van der Waals surface area contributed by atoms with Crippen molar-refractivity contribution in [3.05, 3.63) is 53.6 Å². The molecule has 1 fully saturated rings. The molecule has 1 saturated heterocycles. The van der Waals surface area contributed by atoms with Gasteiger partial charge in [0, 0.05) is 57.6 Å². The molecule has 0 aliphatic carbocycles. The molecule has 1 aliphatic rings. The third-order valence-corrected chi connectivity index (χ3v) is 4.49. The van der Waals surface area contributed by atoms with E-state index < -0.39 is 0 Å². The van der Waals surface area contributed by atoms with Crippen molar-refractivity contribution in [3.8, 4) is 0 Å². The predicted molar refractivity (Wildman–Crippen MR) is 89.8 cm³/mol. The molecule has 2 heterocycles. The first kappa shape index (κ1) is 16.6. The van der Waals surface area contributed by atoms with Crippen LogP contribution in [0.15, 0.2) is 36.5 Å². The number of rotatable bonds is 5. The molecule has 0 radical (unpaired) electrons. The average molecular weight is 330 g/mol. The number of hydrogen-bond acceptors (Lipinski definition) is 3. The van der Waals surface area contributed by atoms with Crippen LogP contribution in [0, 0.1) is 12.7 Å². The fraction of sp³-hybridized carbons (Fsp3) is 0.444. The van der Waals surface area contributed by atoms with Crippen LogP contribution in [-0.4, -0.2) is 51.7 Å². The van der Waals surface area contributed by atoms with Crippen molar-refractivity contribution in [2.45, 2.75) is 26.4 Å². The van der Waals surface area contributed by atoms with Gasteiger partial charge in [0.05, 0.1) is 0 Å². The van der Waals surface area contributed by atoms with E-state index in [9.17, 15) is 9.18 Å². The smallest absolute Gasteiger partial charge is 0.224 e. The number of aryl methyl sites for hydroxylation is 2. The van der Waals surface area contributed by atoms with Crippen LogP contribution in [-0.2, 0) is 17.9 Å². The Morgan fingerprint density at radius 1 is 1.21 bits per heavy atom. The first-order valence-corrected chi connectivity index (χ1v) is 8.35. The highest BCUT2D eigenvalue weighted by Gasteiger charge is 2.21. The van der Waals surface area contributed by atoms with Crippen LogP contribution >= 0.6 is 0 Å². The molecule has 24 heavy (non-hydrogen) atoms. The van der Waals surface area contributed by atoms with Crippen LogP contribution in [0.5, 0.6) is 0 Å². The monoisotopic (exact) mass is 330 g/mol. The number of aromatic nitrogens is 2. The van der Waals surface area contributed by atoms with Crippen molar-refractivity contribution in [1.82, 2.24) is 19.6 Å². The van der Waals surface area contributed by atoms with Gasteiger partial charge in [-0.1, -0.05) is 12.1 Å². The Labute approximate surface area is 141 Å². The Hall–Kier alpha value is -2.21. The zero-order chi connectivity index (χ0) is 16.9. The maximum absolute atomic E-state index is 13.2. The summed E-state index contributed by atoms with van der Waals surface area (Å²) in [6.45, 7) is 6.45. The maximum atomic E-state index is 13.2. The van der Waals surface area contributed by atoms with Gasteiger partial charge >= 0.3 is 0 Å². The molecule has 0 bridgehead atoms. The Bertz CT molecular complexity index is 692. The van der Waals surface area contributed by atoms with Crippen LogP contribution in [0.4, 0.5) is 4.39 Å². The lowest BCUT2D eigenvalue weighted by molar-refractivity contribution is -0.133. The molecule has 1 aromatic heterocycles. The number of piperazine rings is 1. The van der Waals surface area contributed by atoms with E-state index in [1.165, 1.54) is 6.07 Å². The summed E-state index contributed by atoms with van der Waals surface area (Å²) < 4.78 is 15.1. The molecular formula is C18H23FN4O. The molecule has 1 amide bonds. The second-order valence-electron chi connectivity index (χ2n) is 6.23. The van der Waals surface area contributed by atoms with Gasteiger partial charge in [-0.3, -0.25) is 14.4 Å². The number of hydrogen-bond donors (Lipinski definition) is 0. The van der Waals surface area contributed by atoms with Gasteiger partial charge in [-0.15, -0.1) is 0 Å². The number of halogens is 1. The summed E-state index contributed by atoms with van der Waals surface area (Å²) in [5, 5.41) is 4.21. The van der Waals surface area contributed by atoms with Gasteiger partial charge in [0.15, 0.2) is 0 Å². The highest BCUT2D eigenvalue weighted by Crippen LogP contribution is 2.11. The van der Waals surface area contributed by atoms with E-state index in [0.717, 1.165) is 44.0 Å². The number of amides is 1. The summed E-state index contributed by atoms with van der Waals surface area (Å²) in [5.41, 5.74) is 2.05. The van der Waals surface area contributed by atoms with Crippen LogP contribution in [0.3, 0.4) is 0 Å². The van der Waals surface area contributed by atoms with Crippen molar-refractivity contribution in [2.24, 2.45) is 0 Å². The summed E-state index contributed by atoms with van der Waals surface area (Å²) in [6, 6.07) is 8.65. The van der Waals surface area contributed by atoms with E-state index >= 15 is 0 Å². The minimum Gasteiger partial charge on any atom is -0.340 e. The molecule has 0 atom stereocenters. The summed E-state index contributed by atoms with van der Waals surface area (Å²) >= 11 is 0. The molecule has 1 aromatic carbocycles.